The Hall–Kier alpha value is -1.23. The van der Waals surface area contributed by atoms with Crippen LogP contribution < -0.4 is 5.32 Å². The molecule has 0 aliphatic carbocycles. The smallest absolute Gasteiger partial charge is 0.223 e. The van der Waals surface area contributed by atoms with Crippen LogP contribution in [0.3, 0.4) is 0 Å². The molecular formula is C12H13BrFN3. The molecule has 0 aliphatic rings. The molecule has 0 aliphatic heterocycles. The third-order valence-electron chi connectivity index (χ3n) is 2.39. The van der Waals surface area contributed by atoms with Crippen LogP contribution in [0.4, 0.5) is 10.3 Å². The number of unbranched alkanes of at least 4 members (excludes halogenated alkanes) is 1. The van der Waals surface area contributed by atoms with Gasteiger partial charge in [0.1, 0.15) is 0 Å². The molecule has 3 nitrogen and oxygen atoms in total. The molecule has 0 fully saturated rings. The molecule has 17 heavy (non-hydrogen) atoms. The summed E-state index contributed by atoms with van der Waals surface area (Å²) in [6.07, 6.45) is 3.15. The molecule has 1 aromatic carbocycles. The van der Waals surface area contributed by atoms with E-state index < -0.39 is 0 Å². The molecule has 0 saturated heterocycles. The average molecular weight is 298 g/mol. The van der Waals surface area contributed by atoms with Gasteiger partial charge in [-0.1, -0.05) is 15.9 Å². The maximum absolute atomic E-state index is 11.9. The Balaban J connectivity index is 2.07. The van der Waals surface area contributed by atoms with Crippen molar-refractivity contribution >= 4 is 32.8 Å². The molecule has 2 rings (SSSR count). The highest BCUT2D eigenvalue weighted by Gasteiger charge is 1.99. The second kappa shape index (κ2) is 5.91. The van der Waals surface area contributed by atoms with Gasteiger partial charge in [-0.05, 0) is 31.0 Å². The standard InChI is InChI=1S/C12H13BrFN3/c13-10-3-4-11-9(7-10)8-16-12(17-11)15-6-2-1-5-14/h3-4,7-8H,1-2,5-6H2,(H,15,16,17). The van der Waals surface area contributed by atoms with E-state index >= 15 is 0 Å². The largest absolute Gasteiger partial charge is 0.354 e. The summed E-state index contributed by atoms with van der Waals surface area (Å²) >= 11 is 3.40. The van der Waals surface area contributed by atoms with Gasteiger partial charge in [-0.25, -0.2) is 9.97 Å². The first-order chi connectivity index (χ1) is 8.29. The van der Waals surface area contributed by atoms with Crippen molar-refractivity contribution in [1.82, 2.24) is 9.97 Å². The van der Waals surface area contributed by atoms with Gasteiger partial charge in [0.15, 0.2) is 0 Å². The van der Waals surface area contributed by atoms with Crippen molar-refractivity contribution in [1.29, 1.82) is 0 Å². The molecule has 1 N–H and O–H groups in total. The number of anilines is 1. The number of aromatic nitrogens is 2. The number of rotatable bonds is 5. The lowest BCUT2D eigenvalue weighted by molar-refractivity contribution is 0.466. The predicted octanol–water partition coefficient (Wildman–Crippen LogP) is 3.55. The second-order valence-electron chi connectivity index (χ2n) is 3.72. The molecule has 0 spiro atoms. The van der Waals surface area contributed by atoms with Crippen LogP contribution in [0, 0.1) is 0 Å². The van der Waals surface area contributed by atoms with Crippen LogP contribution in [0.15, 0.2) is 28.9 Å². The molecule has 2 aromatic rings. The Bertz CT molecular complexity index is 504. The first kappa shape index (κ1) is 12.2. The third kappa shape index (κ3) is 3.36. The summed E-state index contributed by atoms with van der Waals surface area (Å²) in [5, 5.41) is 4.08. The van der Waals surface area contributed by atoms with Crippen molar-refractivity contribution in [3.63, 3.8) is 0 Å². The topological polar surface area (TPSA) is 37.8 Å². The molecule has 90 valence electrons. The summed E-state index contributed by atoms with van der Waals surface area (Å²) < 4.78 is 12.9. The Kier molecular flexibility index (Phi) is 4.25. The SMILES string of the molecule is FCCCCNc1ncc2cc(Br)ccc2n1. The van der Waals surface area contributed by atoms with Crippen LogP contribution in [-0.4, -0.2) is 23.2 Å². The lowest BCUT2D eigenvalue weighted by atomic mass is 10.2. The van der Waals surface area contributed by atoms with Crippen molar-refractivity contribution in [2.75, 3.05) is 18.5 Å². The van der Waals surface area contributed by atoms with Gasteiger partial charge in [0, 0.05) is 22.6 Å². The molecule has 1 heterocycles. The van der Waals surface area contributed by atoms with Crippen molar-refractivity contribution in [2.45, 2.75) is 12.8 Å². The third-order valence-corrected chi connectivity index (χ3v) is 2.88. The number of nitrogens with zero attached hydrogens (tertiary/aromatic N) is 2. The summed E-state index contributed by atoms with van der Waals surface area (Å²) in [5.41, 5.74) is 0.899. The maximum atomic E-state index is 11.9. The van der Waals surface area contributed by atoms with Crippen LogP contribution >= 0.6 is 15.9 Å². The van der Waals surface area contributed by atoms with E-state index in [0.29, 0.717) is 18.9 Å². The van der Waals surface area contributed by atoms with Gasteiger partial charge in [-0.15, -0.1) is 0 Å². The van der Waals surface area contributed by atoms with Gasteiger partial charge in [0.25, 0.3) is 0 Å². The Morgan fingerprint density at radius 1 is 1.29 bits per heavy atom. The van der Waals surface area contributed by atoms with Crippen LogP contribution in [-0.2, 0) is 0 Å². The minimum Gasteiger partial charge on any atom is -0.354 e. The minimum atomic E-state index is -0.270. The van der Waals surface area contributed by atoms with Gasteiger partial charge < -0.3 is 5.32 Å². The van der Waals surface area contributed by atoms with Gasteiger partial charge >= 0.3 is 0 Å². The Morgan fingerprint density at radius 3 is 3.00 bits per heavy atom. The van der Waals surface area contributed by atoms with Gasteiger partial charge in [0.2, 0.25) is 5.95 Å². The van der Waals surface area contributed by atoms with E-state index in [9.17, 15) is 4.39 Å². The van der Waals surface area contributed by atoms with E-state index in [1.807, 2.05) is 18.2 Å². The van der Waals surface area contributed by atoms with E-state index in [4.69, 9.17) is 0 Å². The number of hydrogen-bond donors (Lipinski definition) is 1. The van der Waals surface area contributed by atoms with Crippen LogP contribution in [0.2, 0.25) is 0 Å². The first-order valence-electron chi connectivity index (χ1n) is 5.52. The number of nitrogens with one attached hydrogen (secondary N) is 1. The summed E-state index contributed by atoms with van der Waals surface area (Å²) in [6.45, 7) is 0.431. The second-order valence-corrected chi connectivity index (χ2v) is 4.64. The van der Waals surface area contributed by atoms with Gasteiger partial charge in [0.05, 0.1) is 12.2 Å². The highest BCUT2D eigenvalue weighted by atomic mass is 79.9. The zero-order valence-corrected chi connectivity index (χ0v) is 10.9. The maximum Gasteiger partial charge on any atom is 0.223 e. The van der Waals surface area contributed by atoms with E-state index in [1.54, 1.807) is 6.20 Å². The fourth-order valence-electron chi connectivity index (χ4n) is 1.51. The van der Waals surface area contributed by atoms with Gasteiger partial charge in [-0.2, -0.15) is 0 Å². The molecule has 0 unspecified atom stereocenters. The van der Waals surface area contributed by atoms with Crippen molar-refractivity contribution in [3.05, 3.63) is 28.9 Å². The normalized spacial score (nSPS) is 10.7. The highest BCUT2D eigenvalue weighted by molar-refractivity contribution is 9.10. The number of hydrogen-bond acceptors (Lipinski definition) is 3. The van der Waals surface area contributed by atoms with Gasteiger partial charge in [-0.3, -0.25) is 4.39 Å². The molecule has 0 bridgehead atoms. The average Bonchev–Trinajstić information content (AvgIpc) is 2.35. The van der Waals surface area contributed by atoms with Crippen molar-refractivity contribution in [2.24, 2.45) is 0 Å². The lowest BCUT2D eigenvalue weighted by Gasteiger charge is -2.04. The monoisotopic (exact) mass is 297 g/mol. The predicted molar refractivity (Wildman–Crippen MR) is 70.9 cm³/mol. The fourth-order valence-corrected chi connectivity index (χ4v) is 1.89. The first-order valence-corrected chi connectivity index (χ1v) is 6.31. The minimum absolute atomic E-state index is 0.270. The van der Waals surface area contributed by atoms with Crippen LogP contribution in [0.25, 0.3) is 10.9 Å². The molecule has 0 amide bonds. The van der Waals surface area contributed by atoms with Crippen LogP contribution in [0.1, 0.15) is 12.8 Å². The fraction of sp³-hybridized carbons (Fsp3) is 0.333. The zero-order valence-electron chi connectivity index (χ0n) is 9.29. The molecule has 5 heteroatoms. The van der Waals surface area contributed by atoms with E-state index in [0.717, 1.165) is 21.8 Å². The summed E-state index contributed by atoms with van der Waals surface area (Å²) in [4.78, 5) is 8.59. The number of benzene rings is 1. The Labute approximate surface area is 108 Å². The molecule has 1 aromatic heterocycles. The summed E-state index contributed by atoms with van der Waals surface area (Å²) in [7, 11) is 0. The molecular weight excluding hydrogens is 285 g/mol. The van der Waals surface area contributed by atoms with Crippen LogP contribution in [0.5, 0.6) is 0 Å². The highest BCUT2D eigenvalue weighted by Crippen LogP contribution is 2.18. The molecule has 0 radical (unpaired) electrons. The molecule has 0 saturated carbocycles. The quantitative estimate of drug-likeness (QED) is 0.858. The number of halogens is 2. The van der Waals surface area contributed by atoms with E-state index in [1.165, 1.54) is 0 Å². The van der Waals surface area contributed by atoms with E-state index in [2.05, 4.69) is 31.2 Å². The van der Waals surface area contributed by atoms with Crippen molar-refractivity contribution < 1.29 is 4.39 Å². The summed E-state index contributed by atoms with van der Waals surface area (Å²) in [6, 6.07) is 5.86. The lowest BCUT2D eigenvalue weighted by Crippen LogP contribution is -2.05. The van der Waals surface area contributed by atoms with E-state index in [-0.39, 0.29) is 6.67 Å². The molecule has 0 atom stereocenters. The summed E-state index contributed by atoms with van der Waals surface area (Å²) in [5.74, 6) is 0.596. The van der Waals surface area contributed by atoms with Crippen molar-refractivity contribution in [3.8, 4) is 0 Å². The number of fused-ring (bicyclic) bond motifs is 1. The number of alkyl halides is 1. The zero-order chi connectivity index (χ0) is 12.1. The Morgan fingerprint density at radius 2 is 2.18 bits per heavy atom.